The van der Waals surface area contributed by atoms with E-state index in [1.807, 2.05) is 6.92 Å². The highest BCUT2D eigenvalue weighted by molar-refractivity contribution is 14.0. The van der Waals surface area contributed by atoms with Gasteiger partial charge in [0.1, 0.15) is 17.6 Å². The van der Waals surface area contributed by atoms with Crippen LogP contribution in [-0.2, 0) is 6.54 Å². The predicted molar refractivity (Wildman–Crippen MR) is 119 cm³/mol. The van der Waals surface area contributed by atoms with Crippen molar-refractivity contribution in [3.63, 3.8) is 0 Å². The number of phenolic OH excluding ortho intramolecular Hbond substituents is 1. The van der Waals surface area contributed by atoms with E-state index in [9.17, 15) is 9.50 Å². The molecule has 6 nitrogen and oxygen atoms in total. The Morgan fingerprint density at radius 3 is 2.61 bits per heavy atom. The number of rotatable bonds is 8. The summed E-state index contributed by atoms with van der Waals surface area (Å²) in [7, 11) is 3.23. The molecule has 0 aliphatic carbocycles. The number of benzene rings is 2. The van der Waals surface area contributed by atoms with E-state index in [0.717, 1.165) is 0 Å². The number of phenols is 1. The number of hydrogen-bond acceptors (Lipinski definition) is 4. The maximum absolute atomic E-state index is 13.7. The van der Waals surface area contributed by atoms with E-state index in [1.54, 1.807) is 50.6 Å². The number of aliphatic imine (C=N–C) groups is 1. The van der Waals surface area contributed by atoms with E-state index in [2.05, 4.69) is 15.6 Å². The van der Waals surface area contributed by atoms with Crippen LogP contribution < -0.4 is 20.1 Å². The first-order valence-electron chi connectivity index (χ1n) is 8.79. The van der Waals surface area contributed by atoms with Crippen LogP contribution in [-0.4, -0.2) is 37.9 Å². The van der Waals surface area contributed by atoms with Crippen molar-refractivity contribution in [2.45, 2.75) is 26.0 Å². The highest BCUT2D eigenvalue weighted by Crippen LogP contribution is 2.22. The van der Waals surface area contributed by atoms with Gasteiger partial charge in [-0.1, -0.05) is 19.1 Å². The first-order valence-corrected chi connectivity index (χ1v) is 8.79. The molecule has 2 rings (SSSR count). The largest absolute Gasteiger partial charge is 0.508 e. The number of nitrogens with one attached hydrogen (secondary N) is 2. The lowest BCUT2D eigenvalue weighted by Gasteiger charge is -2.20. The molecule has 0 saturated heterocycles. The lowest BCUT2D eigenvalue weighted by atomic mass is 10.2. The van der Waals surface area contributed by atoms with Crippen molar-refractivity contribution in [1.82, 2.24) is 10.6 Å². The molecule has 1 atom stereocenters. The van der Waals surface area contributed by atoms with E-state index in [0.29, 0.717) is 36.8 Å². The van der Waals surface area contributed by atoms with Gasteiger partial charge in [-0.15, -0.1) is 24.0 Å². The number of aromatic hydroxyl groups is 1. The summed E-state index contributed by atoms with van der Waals surface area (Å²) in [5, 5.41) is 16.2. The Morgan fingerprint density at radius 1 is 1.21 bits per heavy atom. The average Bonchev–Trinajstić information content (AvgIpc) is 2.69. The molecule has 2 aromatic carbocycles. The van der Waals surface area contributed by atoms with Crippen LogP contribution >= 0.6 is 24.0 Å². The Morgan fingerprint density at radius 2 is 1.96 bits per heavy atom. The Labute approximate surface area is 182 Å². The van der Waals surface area contributed by atoms with Crippen LogP contribution in [0.4, 0.5) is 4.39 Å². The van der Waals surface area contributed by atoms with Gasteiger partial charge in [-0.05, 0) is 36.8 Å². The summed E-state index contributed by atoms with van der Waals surface area (Å²) in [5.41, 5.74) is 0.687. The summed E-state index contributed by atoms with van der Waals surface area (Å²) >= 11 is 0. The van der Waals surface area contributed by atoms with Gasteiger partial charge in [0.15, 0.2) is 17.5 Å². The van der Waals surface area contributed by atoms with E-state index < -0.39 is 0 Å². The lowest BCUT2D eigenvalue weighted by Crippen LogP contribution is -2.42. The van der Waals surface area contributed by atoms with Gasteiger partial charge in [0.05, 0.1) is 13.7 Å². The minimum Gasteiger partial charge on any atom is -0.508 e. The lowest BCUT2D eigenvalue weighted by molar-refractivity contribution is 0.191. The zero-order valence-electron chi connectivity index (χ0n) is 16.2. The molecule has 0 heterocycles. The molecule has 0 aromatic heterocycles. The van der Waals surface area contributed by atoms with Crippen molar-refractivity contribution < 1.29 is 19.0 Å². The molecule has 0 aliphatic heterocycles. The predicted octanol–water partition coefficient (Wildman–Crippen LogP) is 3.68. The van der Waals surface area contributed by atoms with Gasteiger partial charge in [-0.3, -0.25) is 4.99 Å². The monoisotopic (exact) mass is 503 g/mol. The van der Waals surface area contributed by atoms with Crippen molar-refractivity contribution >= 4 is 29.9 Å². The van der Waals surface area contributed by atoms with Gasteiger partial charge in [0.2, 0.25) is 0 Å². The summed E-state index contributed by atoms with van der Waals surface area (Å²) < 4.78 is 24.6. The summed E-state index contributed by atoms with van der Waals surface area (Å²) in [4.78, 5) is 4.16. The van der Waals surface area contributed by atoms with Crippen molar-refractivity contribution in [2.24, 2.45) is 4.99 Å². The Kier molecular flexibility index (Phi) is 10.4. The van der Waals surface area contributed by atoms with Gasteiger partial charge in [0, 0.05) is 19.2 Å². The molecule has 0 aliphatic rings. The second kappa shape index (κ2) is 12.3. The van der Waals surface area contributed by atoms with Gasteiger partial charge in [0.25, 0.3) is 0 Å². The third kappa shape index (κ3) is 7.06. The van der Waals surface area contributed by atoms with Gasteiger partial charge in [-0.2, -0.15) is 0 Å². The normalized spacial score (nSPS) is 11.9. The molecule has 154 valence electrons. The topological polar surface area (TPSA) is 75.1 Å². The number of guanidine groups is 1. The molecule has 0 fully saturated rings. The SMILES string of the molecule is CCC(CNC(=NC)NCc1cc(OC)ccc1O)Oc1ccccc1F.I. The molecule has 0 radical (unpaired) electrons. The van der Waals surface area contributed by atoms with Crippen LogP contribution in [0.2, 0.25) is 0 Å². The third-order valence-corrected chi connectivity index (χ3v) is 4.04. The molecule has 0 bridgehead atoms. The maximum Gasteiger partial charge on any atom is 0.191 e. The fourth-order valence-corrected chi connectivity index (χ4v) is 2.43. The number of methoxy groups -OCH3 is 1. The summed E-state index contributed by atoms with van der Waals surface area (Å²) in [6.45, 7) is 2.79. The Balaban J connectivity index is 0.00000392. The molecule has 3 N–H and O–H groups in total. The second-order valence-electron chi connectivity index (χ2n) is 5.88. The molecule has 28 heavy (non-hydrogen) atoms. The van der Waals surface area contributed by atoms with Crippen molar-refractivity contribution in [2.75, 3.05) is 20.7 Å². The van der Waals surface area contributed by atoms with E-state index in [1.165, 1.54) is 6.07 Å². The van der Waals surface area contributed by atoms with E-state index in [4.69, 9.17) is 9.47 Å². The van der Waals surface area contributed by atoms with Crippen molar-refractivity contribution in [3.8, 4) is 17.2 Å². The number of para-hydroxylation sites is 1. The fourth-order valence-electron chi connectivity index (χ4n) is 2.43. The van der Waals surface area contributed by atoms with Crippen LogP contribution in [0.15, 0.2) is 47.5 Å². The molecule has 0 saturated carbocycles. The van der Waals surface area contributed by atoms with Gasteiger partial charge in [-0.25, -0.2) is 4.39 Å². The molecule has 1 unspecified atom stereocenters. The van der Waals surface area contributed by atoms with Crippen LogP contribution in [0, 0.1) is 5.82 Å². The maximum atomic E-state index is 13.7. The molecule has 2 aromatic rings. The first-order chi connectivity index (χ1) is 13.1. The van der Waals surface area contributed by atoms with E-state index in [-0.39, 0.29) is 47.4 Å². The number of hydrogen-bond donors (Lipinski definition) is 3. The molecule has 0 spiro atoms. The number of ether oxygens (including phenoxy) is 2. The first kappa shape index (κ1) is 23.8. The smallest absolute Gasteiger partial charge is 0.191 e. The van der Waals surface area contributed by atoms with Gasteiger partial charge < -0.3 is 25.2 Å². The zero-order valence-corrected chi connectivity index (χ0v) is 18.6. The Hall–Kier alpha value is -2.23. The Bertz CT molecular complexity index is 774. The van der Waals surface area contributed by atoms with Crippen LogP contribution in [0.3, 0.4) is 0 Å². The number of nitrogens with zero attached hydrogens (tertiary/aromatic N) is 1. The quantitative estimate of drug-likeness (QED) is 0.291. The highest BCUT2D eigenvalue weighted by Gasteiger charge is 2.12. The molecular formula is C20H27FIN3O3. The molecular weight excluding hydrogens is 476 g/mol. The summed E-state index contributed by atoms with van der Waals surface area (Å²) in [6, 6.07) is 11.4. The zero-order chi connectivity index (χ0) is 19.6. The standard InChI is InChI=1S/C20H26FN3O3.HI/c1-4-15(27-19-8-6-5-7-17(19)21)13-24-20(22-2)23-12-14-11-16(26-3)9-10-18(14)25;/h5-11,15,25H,4,12-13H2,1-3H3,(H2,22,23,24);1H. The van der Waals surface area contributed by atoms with Crippen LogP contribution in [0.5, 0.6) is 17.2 Å². The number of halogens is 2. The van der Waals surface area contributed by atoms with Crippen molar-refractivity contribution in [1.29, 1.82) is 0 Å². The molecule has 0 amide bonds. The summed E-state index contributed by atoms with van der Waals surface area (Å²) in [5.74, 6) is 1.24. The van der Waals surface area contributed by atoms with Gasteiger partial charge >= 0.3 is 0 Å². The van der Waals surface area contributed by atoms with E-state index >= 15 is 0 Å². The second-order valence-corrected chi connectivity index (χ2v) is 5.88. The van der Waals surface area contributed by atoms with Crippen LogP contribution in [0.25, 0.3) is 0 Å². The third-order valence-electron chi connectivity index (χ3n) is 4.04. The fraction of sp³-hybridized carbons (Fsp3) is 0.350. The van der Waals surface area contributed by atoms with Crippen molar-refractivity contribution in [3.05, 3.63) is 53.8 Å². The summed E-state index contributed by atoms with van der Waals surface area (Å²) in [6.07, 6.45) is 0.486. The minimum absolute atomic E-state index is 0. The minimum atomic E-state index is -0.382. The highest BCUT2D eigenvalue weighted by atomic mass is 127. The average molecular weight is 503 g/mol. The molecule has 8 heteroatoms. The van der Waals surface area contributed by atoms with Crippen LogP contribution in [0.1, 0.15) is 18.9 Å².